The summed E-state index contributed by atoms with van der Waals surface area (Å²) in [5, 5.41) is 2.47. The van der Waals surface area contributed by atoms with Gasteiger partial charge in [0.2, 0.25) is 5.78 Å². The minimum atomic E-state index is -0.961. The zero-order valence-corrected chi connectivity index (χ0v) is 17.2. The van der Waals surface area contributed by atoms with E-state index in [4.69, 9.17) is 14.2 Å². The molecule has 0 radical (unpaired) electrons. The third-order valence-electron chi connectivity index (χ3n) is 4.34. The van der Waals surface area contributed by atoms with Crippen molar-refractivity contribution in [3.63, 3.8) is 0 Å². The molecule has 0 unspecified atom stereocenters. The highest BCUT2D eigenvalue weighted by molar-refractivity contribution is 6.02. The van der Waals surface area contributed by atoms with E-state index in [0.29, 0.717) is 17.1 Å². The summed E-state index contributed by atoms with van der Waals surface area (Å²) in [5.74, 6) is -0.593. The van der Waals surface area contributed by atoms with Crippen molar-refractivity contribution >= 4 is 17.7 Å². The molecule has 2 aromatic carbocycles. The molecule has 0 aromatic heterocycles. The number of benzene rings is 2. The van der Waals surface area contributed by atoms with E-state index in [-0.39, 0.29) is 17.9 Å². The lowest BCUT2D eigenvalue weighted by molar-refractivity contribution is -0.145. The van der Waals surface area contributed by atoms with Gasteiger partial charge in [-0.15, -0.1) is 0 Å². The van der Waals surface area contributed by atoms with E-state index in [1.165, 1.54) is 33.3 Å². The van der Waals surface area contributed by atoms with Crippen LogP contribution in [0.4, 0.5) is 0 Å². The number of Topliss-reactive ketones (excluding diaryl/α,β-unsaturated/α-hetero) is 1. The Bertz CT molecular complexity index is 899. The molecule has 2 rings (SSSR count). The fourth-order valence-electron chi connectivity index (χ4n) is 2.71. The second-order valence-corrected chi connectivity index (χ2v) is 6.60. The van der Waals surface area contributed by atoms with Gasteiger partial charge in [0.15, 0.2) is 6.10 Å². The Morgan fingerprint density at radius 1 is 0.966 bits per heavy atom. The number of carbonyl (C=O) groups excluding carboxylic acids is 3. The van der Waals surface area contributed by atoms with Gasteiger partial charge >= 0.3 is 5.97 Å². The standard InChI is InChI=1S/C22H25NO6/c1-13-6-7-14(2)19(8-13)21(25)15(3)29-20(24)12-23-22(26)16-9-17(27-4)11-18(10-16)28-5/h6-11,15H,12H2,1-5H3,(H,23,26)/t15-/m0/s1. The van der Waals surface area contributed by atoms with E-state index in [1.54, 1.807) is 12.1 Å². The summed E-state index contributed by atoms with van der Waals surface area (Å²) in [7, 11) is 2.95. The second-order valence-electron chi connectivity index (χ2n) is 6.60. The molecule has 0 aliphatic heterocycles. The minimum absolute atomic E-state index is 0.272. The largest absolute Gasteiger partial charge is 0.497 e. The van der Waals surface area contributed by atoms with Crippen molar-refractivity contribution in [2.75, 3.05) is 20.8 Å². The molecule has 154 valence electrons. The molecule has 1 atom stereocenters. The average molecular weight is 399 g/mol. The molecular formula is C22H25NO6. The number of esters is 1. The van der Waals surface area contributed by atoms with Crippen molar-refractivity contribution in [2.24, 2.45) is 0 Å². The van der Waals surface area contributed by atoms with Crippen LogP contribution < -0.4 is 14.8 Å². The van der Waals surface area contributed by atoms with Gasteiger partial charge in [0.05, 0.1) is 14.2 Å². The fourth-order valence-corrected chi connectivity index (χ4v) is 2.71. The van der Waals surface area contributed by atoms with Crippen LogP contribution in [0.2, 0.25) is 0 Å². The van der Waals surface area contributed by atoms with Crippen LogP contribution in [0, 0.1) is 13.8 Å². The first-order chi connectivity index (χ1) is 13.7. The Kier molecular flexibility index (Phi) is 7.36. The number of ketones is 1. The van der Waals surface area contributed by atoms with Crippen molar-refractivity contribution in [3.05, 3.63) is 58.7 Å². The Morgan fingerprint density at radius 2 is 1.59 bits per heavy atom. The van der Waals surface area contributed by atoms with Crippen LogP contribution in [0.15, 0.2) is 36.4 Å². The molecular weight excluding hydrogens is 374 g/mol. The van der Waals surface area contributed by atoms with E-state index in [9.17, 15) is 14.4 Å². The number of hydrogen-bond acceptors (Lipinski definition) is 6. The Morgan fingerprint density at radius 3 is 2.17 bits per heavy atom. The van der Waals surface area contributed by atoms with E-state index in [0.717, 1.165) is 11.1 Å². The molecule has 29 heavy (non-hydrogen) atoms. The quantitative estimate of drug-likeness (QED) is 0.542. The lowest BCUT2D eigenvalue weighted by Gasteiger charge is -2.15. The lowest BCUT2D eigenvalue weighted by Crippen LogP contribution is -2.34. The van der Waals surface area contributed by atoms with Gasteiger partial charge in [-0.05, 0) is 44.5 Å². The number of nitrogens with one attached hydrogen (secondary N) is 1. The van der Waals surface area contributed by atoms with Crippen LogP contribution in [-0.4, -0.2) is 44.5 Å². The molecule has 0 heterocycles. The van der Waals surface area contributed by atoms with Crippen LogP contribution in [-0.2, 0) is 9.53 Å². The van der Waals surface area contributed by atoms with Crippen molar-refractivity contribution in [1.29, 1.82) is 0 Å². The van der Waals surface area contributed by atoms with E-state index < -0.39 is 18.0 Å². The highest BCUT2D eigenvalue weighted by Gasteiger charge is 2.21. The number of hydrogen-bond donors (Lipinski definition) is 1. The van der Waals surface area contributed by atoms with Crippen molar-refractivity contribution in [2.45, 2.75) is 26.9 Å². The number of methoxy groups -OCH3 is 2. The SMILES string of the molecule is COc1cc(OC)cc(C(=O)NCC(=O)O[C@@H](C)C(=O)c2cc(C)ccc2C)c1. The number of amides is 1. The van der Waals surface area contributed by atoms with E-state index in [2.05, 4.69) is 5.32 Å². The first kappa shape index (κ1) is 21.9. The molecule has 1 amide bonds. The van der Waals surface area contributed by atoms with Crippen LogP contribution in [0.5, 0.6) is 11.5 Å². The number of rotatable bonds is 8. The monoisotopic (exact) mass is 399 g/mol. The third-order valence-corrected chi connectivity index (χ3v) is 4.34. The maximum atomic E-state index is 12.6. The third kappa shape index (κ3) is 5.81. The molecule has 0 bridgehead atoms. The molecule has 7 heteroatoms. The Labute approximate surface area is 170 Å². The summed E-state index contributed by atoms with van der Waals surface area (Å²) in [5.41, 5.74) is 2.54. The van der Waals surface area contributed by atoms with Crippen LogP contribution in [0.3, 0.4) is 0 Å². The van der Waals surface area contributed by atoms with Gasteiger partial charge in [-0.3, -0.25) is 14.4 Å². The minimum Gasteiger partial charge on any atom is -0.497 e. The van der Waals surface area contributed by atoms with E-state index in [1.807, 2.05) is 26.0 Å². The zero-order chi connectivity index (χ0) is 21.6. The number of carbonyl (C=O) groups is 3. The molecule has 0 fully saturated rings. The summed E-state index contributed by atoms with van der Waals surface area (Å²) < 4.78 is 15.4. The van der Waals surface area contributed by atoms with Gasteiger partial charge in [-0.1, -0.05) is 17.7 Å². The molecule has 7 nitrogen and oxygen atoms in total. The molecule has 1 N–H and O–H groups in total. The van der Waals surface area contributed by atoms with Gasteiger partial charge < -0.3 is 19.5 Å². The lowest BCUT2D eigenvalue weighted by atomic mass is 9.99. The molecule has 2 aromatic rings. The van der Waals surface area contributed by atoms with Crippen molar-refractivity contribution in [1.82, 2.24) is 5.32 Å². The molecule has 0 saturated carbocycles. The Hall–Kier alpha value is -3.35. The number of aryl methyl sites for hydroxylation is 2. The van der Waals surface area contributed by atoms with Gasteiger partial charge in [0.1, 0.15) is 18.0 Å². The first-order valence-corrected chi connectivity index (χ1v) is 9.07. The van der Waals surface area contributed by atoms with Crippen LogP contribution in [0.1, 0.15) is 38.8 Å². The van der Waals surface area contributed by atoms with E-state index >= 15 is 0 Å². The van der Waals surface area contributed by atoms with Crippen LogP contribution >= 0.6 is 0 Å². The smallest absolute Gasteiger partial charge is 0.326 e. The fraction of sp³-hybridized carbons (Fsp3) is 0.318. The topological polar surface area (TPSA) is 90.9 Å². The molecule has 0 aliphatic carbocycles. The summed E-state index contributed by atoms with van der Waals surface area (Å²) in [4.78, 5) is 37.0. The summed E-state index contributed by atoms with van der Waals surface area (Å²) in [6.07, 6.45) is -0.961. The second kappa shape index (κ2) is 9.73. The zero-order valence-electron chi connectivity index (χ0n) is 17.2. The van der Waals surface area contributed by atoms with Gasteiger partial charge in [-0.25, -0.2) is 0 Å². The average Bonchev–Trinajstić information content (AvgIpc) is 2.72. The predicted octanol–water partition coefficient (Wildman–Crippen LogP) is 2.87. The van der Waals surface area contributed by atoms with Gasteiger partial charge in [-0.2, -0.15) is 0 Å². The summed E-state index contributed by atoms with van der Waals surface area (Å²) in [6, 6.07) is 10.2. The van der Waals surface area contributed by atoms with Gasteiger partial charge in [0.25, 0.3) is 5.91 Å². The van der Waals surface area contributed by atoms with Crippen molar-refractivity contribution in [3.8, 4) is 11.5 Å². The molecule has 0 saturated heterocycles. The maximum Gasteiger partial charge on any atom is 0.326 e. The molecule has 0 aliphatic rings. The maximum absolute atomic E-state index is 12.6. The van der Waals surface area contributed by atoms with Gasteiger partial charge in [0, 0.05) is 17.2 Å². The molecule has 0 spiro atoms. The summed E-state index contributed by atoms with van der Waals surface area (Å²) in [6.45, 7) is 4.85. The Balaban J connectivity index is 1.96. The van der Waals surface area contributed by atoms with Crippen molar-refractivity contribution < 1.29 is 28.6 Å². The normalized spacial score (nSPS) is 11.3. The predicted molar refractivity (Wildman–Crippen MR) is 108 cm³/mol. The highest BCUT2D eigenvalue weighted by Crippen LogP contribution is 2.22. The first-order valence-electron chi connectivity index (χ1n) is 9.07. The van der Waals surface area contributed by atoms with Crippen LogP contribution in [0.25, 0.3) is 0 Å². The highest BCUT2D eigenvalue weighted by atomic mass is 16.5. The summed E-state index contributed by atoms with van der Waals surface area (Å²) >= 11 is 0. The number of ether oxygens (including phenoxy) is 3.